The highest BCUT2D eigenvalue weighted by Crippen LogP contribution is 2.22. The van der Waals surface area contributed by atoms with E-state index in [1.165, 1.54) is 5.57 Å². The molecular weight excluding hydrogens is 232 g/mol. The van der Waals surface area contributed by atoms with Crippen molar-refractivity contribution in [2.24, 2.45) is 11.8 Å². The van der Waals surface area contributed by atoms with Gasteiger partial charge in [0.15, 0.2) is 0 Å². The largest absolute Gasteiger partial charge is 0.508 e. The van der Waals surface area contributed by atoms with Crippen molar-refractivity contribution in [2.45, 2.75) is 40.5 Å². The van der Waals surface area contributed by atoms with Crippen LogP contribution in [-0.2, 0) is 6.42 Å². The van der Waals surface area contributed by atoms with E-state index in [4.69, 9.17) is 0 Å². The third-order valence-electron chi connectivity index (χ3n) is 2.88. The van der Waals surface area contributed by atoms with E-state index in [2.05, 4.69) is 45.9 Å². The molecule has 19 heavy (non-hydrogen) atoms. The zero-order valence-corrected chi connectivity index (χ0v) is 12.6. The highest BCUT2D eigenvalue weighted by atomic mass is 16.3. The summed E-state index contributed by atoms with van der Waals surface area (Å²) in [7, 11) is 0. The summed E-state index contributed by atoms with van der Waals surface area (Å²) in [6.07, 6.45) is 8.56. The molecule has 0 amide bonds. The van der Waals surface area contributed by atoms with Gasteiger partial charge in [-0.15, -0.1) is 0 Å². The molecule has 0 aromatic heterocycles. The van der Waals surface area contributed by atoms with Crippen molar-refractivity contribution in [2.75, 3.05) is 0 Å². The first kappa shape index (κ1) is 15.6. The second-order valence-corrected chi connectivity index (χ2v) is 5.75. The van der Waals surface area contributed by atoms with Gasteiger partial charge in [-0.25, -0.2) is 0 Å². The number of aromatic hydroxyl groups is 1. The number of phenols is 1. The molecule has 0 spiro atoms. The van der Waals surface area contributed by atoms with Crippen molar-refractivity contribution in [1.82, 2.24) is 0 Å². The van der Waals surface area contributed by atoms with Crippen LogP contribution in [0.2, 0.25) is 0 Å². The normalized spacial score (nSPS) is 12.8. The average molecular weight is 258 g/mol. The van der Waals surface area contributed by atoms with Gasteiger partial charge in [0.1, 0.15) is 5.75 Å². The first-order chi connectivity index (χ1) is 8.99. The third kappa shape index (κ3) is 6.28. The first-order valence-electron chi connectivity index (χ1n) is 7.12. The van der Waals surface area contributed by atoms with Gasteiger partial charge in [-0.2, -0.15) is 0 Å². The van der Waals surface area contributed by atoms with Crippen LogP contribution in [0.5, 0.6) is 5.75 Å². The molecule has 1 nitrogen and oxygen atoms in total. The van der Waals surface area contributed by atoms with Crippen molar-refractivity contribution in [3.8, 4) is 5.75 Å². The Morgan fingerprint density at radius 3 is 2.37 bits per heavy atom. The molecule has 0 radical (unpaired) electrons. The number of phenolic OH excluding ortho intramolecular Hbond substituents is 1. The van der Waals surface area contributed by atoms with Crippen LogP contribution in [0, 0.1) is 11.8 Å². The molecule has 0 atom stereocenters. The maximum atomic E-state index is 9.86. The minimum absolute atomic E-state index is 0.394. The SMILES string of the molecule is CC(C)C=CCC(=CC(C)C)Cc1ccccc1O. The van der Waals surface area contributed by atoms with E-state index in [1.807, 2.05) is 18.2 Å². The molecule has 0 saturated heterocycles. The van der Waals surface area contributed by atoms with E-state index in [0.717, 1.165) is 18.4 Å². The van der Waals surface area contributed by atoms with E-state index in [-0.39, 0.29) is 0 Å². The maximum Gasteiger partial charge on any atom is 0.119 e. The van der Waals surface area contributed by atoms with Gasteiger partial charge in [0, 0.05) is 0 Å². The summed E-state index contributed by atoms with van der Waals surface area (Å²) in [4.78, 5) is 0. The van der Waals surface area contributed by atoms with Crippen molar-refractivity contribution >= 4 is 0 Å². The predicted molar refractivity (Wildman–Crippen MR) is 83.3 cm³/mol. The molecule has 1 aromatic rings. The standard InChI is InChI=1S/C18H26O/c1-14(2)8-7-9-16(12-15(3)4)13-17-10-5-6-11-18(17)19/h5-8,10-12,14-15,19H,9,13H2,1-4H3. The Labute approximate surface area is 117 Å². The second kappa shape index (κ2) is 7.83. The van der Waals surface area contributed by atoms with E-state index >= 15 is 0 Å². The monoisotopic (exact) mass is 258 g/mol. The average Bonchev–Trinajstić information content (AvgIpc) is 2.30. The van der Waals surface area contributed by atoms with Crippen molar-refractivity contribution in [1.29, 1.82) is 0 Å². The fraction of sp³-hybridized carbons (Fsp3) is 0.444. The highest BCUT2D eigenvalue weighted by Gasteiger charge is 2.04. The molecule has 0 saturated carbocycles. The number of allylic oxidation sites excluding steroid dienone is 4. The van der Waals surface area contributed by atoms with Crippen molar-refractivity contribution in [3.05, 3.63) is 53.6 Å². The summed E-state index contributed by atoms with van der Waals surface area (Å²) < 4.78 is 0. The summed E-state index contributed by atoms with van der Waals surface area (Å²) in [6, 6.07) is 7.59. The van der Waals surface area contributed by atoms with Crippen LogP contribution in [0.25, 0.3) is 0 Å². The summed E-state index contributed by atoms with van der Waals surface area (Å²) >= 11 is 0. The lowest BCUT2D eigenvalue weighted by atomic mass is 9.97. The Kier molecular flexibility index (Phi) is 6.41. The van der Waals surface area contributed by atoms with Crippen LogP contribution >= 0.6 is 0 Å². The van der Waals surface area contributed by atoms with Crippen molar-refractivity contribution in [3.63, 3.8) is 0 Å². The van der Waals surface area contributed by atoms with E-state index in [0.29, 0.717) is 17.6 Å². The van der Waals surface area contributed by atoms with Crippen LogP contribution in [0.15, 0.2) is 48.1 Å². The number of para-hydroxylation sites is 1. The molecular formula is C18H26O. The molecule has 1 N–H and O–H groups in total. The van der Waals surface area contributed by atoms with Crippen LogP contribution in [0.1, 0.15) is 39.7 Å². The Morgan fingerprint density at radius 1 is 1.11 bits per heavy atom. The number of hydrogen-bond acceptors (Lipinski definition) is 1. The van der Waals surface area contributed by atoms with E-state index in [1.54, 1.807) is 6.07 Å². The molecule has 0 unspecified atom stereocenters. The molecule has 0 fully saturated rings. The lowest BCUT2D eigenvalue weighted by molar-refractivity contribution is 0.469. The summed E-state index contributed by atoms with van der Waals surface area (Å²) in [5.41, 5.74) is 2.38. The van der Waals surface area contributed by atoms with Crippen molar-refractivity contribution < 1.29 is 5.11 Å². The molecule has 0 aliphatic rings. The van der Waals surface area contributed by atoms with Gasteiger partial charge in [-0.05, 0) is 36.3 Å². The summed E-state index contributed by atoms with van der Waals surface area (Å²) in [5.74, 6) is 1.52. The summed E-state index contributed by atoms with van der Waals surface area (Å²) in [6.45, 7) is 8.75. The summed E-state index contributed by atoms with van der Waals surface area (Å²) in [5, 5.41) is 9.86. The zero-order chi connectivity index (χ0) is 14.3. The Bertz CT molecular complexity index is 439. The predicted octanol–water partition coefficient (Wildman–Crippen LogP) is 5.12. The van der Waals surface area contributed by atoms with E-state index in [9.17, 15) is 5.11 Å². The van der Waals surface area contributed by atoms with Crippen LogP contribution in [0.4, 0.5) is 0 Å². The molecule has 1 rings (SSSR count). The zero-order valence-electron chi connectivity index (χ0n) is 12.6. The number of benzene rings is 1. The first-order valence-corrected chi connectivity index (χ1v) is 7.12. The lowest BCUT2D eigenvalue weighted by Gasteiger charge is -2.09. The smallest absolute Gasteiger partial charge is 0.119 e. The Morgan fingerprint density at radius 2 is 1.79 bits per heavy atom. The highest BCUT2D eigenvalue weighted by molar-refractivity contribution is 5.35. The molecule has 0 aliphatic carbocycles. The van der Waals surface area contributed by atoms with Gasteiger partial charge >= 0.3 is 0 Å². The van der Waals surface area contributed by atoms with Gasteiger partial charge in [0.2, 0.25) is 0 Å². The third-order valence-corrected chi connectivity index (χ3v) is 2.88. The quantitative estimate of drug-likeness (QED) is 0.702. The number of rotatable bonds is 6. The van der Waals surface area contributed by atoms with Gasteiger partial charge in [-0.1, -0.05) is 69.7 Å². The fourth-order valence-electron chi connectivity index (χ4n) is 2.07. The minimum atomic E-state index is 0.394. The topological polar surface area (TPSA) is 20.2 Å². The molecule has 1 aromatic carbocycles. The van der Waals surface area contributed by atoms with Crippen LogP contribution in [0.3, 0.4) is 0 Å². The molecule has 104 valence electrons. The number of hydrogen-bond donors (Lipinski definition) is 1. The maximum absolute atomic E-state index is 9.86. The van der Waals surface area contributed by atoms with Gasteiger partial charge < -0.3 is 5.11 Å². The lowest BCUT2D eigenvalue weighted by Crippen LogP contribution is -1.94. The minimum Gasteiger partial charge on any atom is -0.508 e. The van der Waals surface area contributed by atoms with Gasteiger partial charge in [0.05, 0.1) is 0 Å². The van der Waals surface area contributed by atoms with Crippen LogP contribution in [-0.4, -0.2) is 5.11 Å². The second-order valence-electron chi connectivity index (χ2n) is 5.75. The fourth-order valence-corrected chi connectivity index (χ4v) is 2.07. The van der Waals surface area contributed by atoms with Gasteiger partial charge in [0.25, 0.3) is 0 Å². The van der Waals surface area contributed by atoms with E-state index < -0.39 is 0 Å². The molecule has 0 heterocycles. The molecule has 1 heteroatoms. The molecule has 0 aliphatic heterocycles. The van der Waals surface area contributed by atoms with Gasteiger partial charge in [-0.3, -0.25) is 0 Å². The molecule has 0 bridgehead atoms. The Hall–Kier alpha value is -1.50. The Balaban J connectivity index is 2.79. The van der Waals surface area contributed by atoms with Crippen LogP contribution < -0.4 is 0 Å².